The molecule has 2 atom stereocenters. The van der Waals surface area contributed by atoms with E-state index in [2.05, 4.69) is 6.92 Å². The molecule has 0 spiro atoms. The van der Waals surface area contributed by atoms with E-state index in [1.54, 1.807) is 0 Å². The van der Waals surface area contributed by atoms with E-state index >= 15 is 0 Å². The van der Waals surface area contributed by atoms with Crippen molar-refractivity contribution in [1.29, 1.82) is 0 Å². The fourth-order valence-electron chi connectivity index (χ4n) is 3.42. The van der Waals surface area contributed by atoms with Crippen LogP contribution in [0.2, 0.25) is 0 Å². The SMILES string of the molecule is CCCCCCCCCCCCCCCC(CC)S(=O)(=O)C(C)C(=O)O. The van der Waals surface area contributed by atoms with E-state index in [0.29, 0.717) is 12.8 Å². The zero-order valence-corrected chi connectivity index (χ0v) is 18.2. The number of aliphatic carboxylic acids is 1. The second-order valence-electron chi connectivity index (χ2n) is 7.63. The van der Waals surface area contributed by atoms with Gasteiger partial charge < -0.3 is 5.11 Å². The van der Waals surface area contributed by atoms with Crippen LogP contribution in [0.15, 0.2) is 0 Å². The van der Waals surface area contributed by atoms with Gasteiger partial charge in [-0.2, -0.15) is 0 Å². The summed E-state index contributed by atoms with van der Waals surface area (Å²) in [6, 6.07) is 0. The first-order valence-corrected chi connectivity index (χ1v) is 12.4. The van der Waals surface area contributed by atoms with Gasteiger partial charge in [-0.15, -0.1) is 0 Å². The van der Waals surface area contributed by atoms with Crippen LogP contribution in [0, 0.1) is 0 Å². The summed E-state index contributed by atoms with van der Waals surface area (Å²) in [5, 5.41) is 7.16. The van der Waals surface area contributed by atoms with Crippen molar-refractivity contribution in [2.24, 2.45) is 0 Å². The molecule has 156 valence electrons. The first kappa shape index (κ1) is 25.4. The maximum absolute atomic E-state index is 12.3. The molecule has 0 radical (unpaired) electrons. The third kappa shape index (κ3) is 11.2. The molecule has 0 aliphatic rings. The molecule has 0 aromatic rings. The summed E-state index contributed by atoms with van der Waals surface area (Å²) in [4.78, 5) is 11.0. The molecule has 0 fully saturated rings. The first-order valence-electron chi connectivity index (χ1n) is 10.8. The summed E-state index contributed by atoms with van der Waals surface area (Å²) < 4.78 is 24.5. The van der Waals surface area contributed by atoms with Gasteiger partial charge in [0.15, 0.2) is 15.1 Å². The van der Waals surface area contributed by atoms with Crippen LogP contribution in [0.4, 0.5) is 0 Å². The molecule has 0 aliphatic heterocycles. The Morgan fingerprint density at radius 1 is 0.769 bits per heavy atom. The summed E-state index contributed by atoms with van der Waals surface area (Å²) >= 11 is 0. The highest BCUT2D eigenvalue weighted by Gasteiger charge is 2.34. The molecule has 0 aromatic heterocycles. The number of hydrogen-bond acceptors (Lipinski definition) is 3. The average Bonchev–Trinajstić information content (AvgIpc) is 2.61. The molecule has 0 heterocycles. The third-order valence-corrected chi connectivity index (χ3v) is 8.08. The summed E-state index contributed by atoms with van der Waals surface area (Å²) in [7, 11) is -3.57. The first-order chi connectivity index (χ1) is 12.4. The molecule has 0 bridgehead atoms. The predicted molar refractivity (Wildman–Crippen MR) is 110 cm³/mol. The van der Waals surface area contributed by atoms with Crippen molar-refractivity contribution in [3.05, 3.63) is 0 Å². The van der Waals surface area contributed by atoms with Crippen molar-refractivity contribution in [3.63, 3.8) is 0 Å². The lowest BCUT2D eigenvalue weighted by Gasteiger charge is -2.18. The monoisotopic (exact) mass is 390 g/mol. The molecule has 0 saturated carbocycles. The van der Waals surface area contributed by atoms with Crippen molar-refractivity contribution < 1.29 is 18.3 Å². The summed E-state index contributed by atoms with van der Waals surface area (Å²) in [5.74, 6) is -1.24. The number of rotatable bonds is 18. The lowest BCUT2D eigenvalue weighted by atomic mass is 10.0. The van der Waals surface area contributed by atoms with E-state index in [-0.39, 0.29) is 0 Å². The number of carboxylic acid groups (broad SMARTS) is 1. The highest BCUT2D eigenvalue weighted by molar-refractivity contribution is 7.93. The topological polar surface area (TPSA) is 71.4 Å². The Bertz CT molecular complexity index is 445. The Morgan fingerprint density at radius 2 is 1.15 bits per heavy atom. The van der Waals surface area contributed by atoms with Crippen molar-refractivity contribution >= 4 is 15.8 Å². The molecule has 26 heavy (non-hydrogen) atoms. The third-order valence-electron chi connectivity index (χ3n) is 5.39. The van der Waals surface area contributed by atoms with Gasteiger partial charge in [0.05, 0.1) is 5.25 Å². The standard InChI is InChI=1S/C21H42O4S/c1-4-6-7-8-9-10-11-12-13-14-15-16-17-18-20(5-2)26(24,25)19(3)21(22)23/h19-20H,4-18H2,1-3H3,(H,22,23). The second-order valence-corrected chi connectivity index (χ2v) is 10.2. The van der Waals surface area contributed by atoms with E-state index < -0.39 is 26.3 Å². The minimum atomic E-state index is -3.57. The van der Waals surface area contributed by atoms with Gasteiger partial charge in [-0.05, 0) is 19.8 Å². The highest BCUT2D eigenvalue weighted by atomic mass is 32.2. The van der Waals surface area contributed by atoms with Crippen molar-refractivity contribution in [2.75, 3.05) is 0 Å². The van der Waals surface area contributed by atoms with E-state index in [1.165, 1.54) is 71.1 Å². The average molecular weight is 391 g/mol. The fourth-order valence-corrected chi connectivity index (χ4v) is 5.24. The molecule has 5 heteroatoms. The van der Waals surface area contributed by atoms with Crippen molar-refractivity contribution in [1.82, 2.24) is 0 Å². The van der Waals surface area contributed by atoms with Crippen LogP contribution >= 0.6 is 0 Å². The molecule has 0 aromatic carbocycles. The Labute approximate surface area is 162 Å². The molecular weight excluding hydrogens is 348 g/mol. The minimum Gasteiger partial charge on any atom is -0.480 e. The lowest BCUT2D eigenvalue weighted by molar-refractivity contribution is -0.136. The number of unbranched alkanes of at least 4 members (excludes halogenated alkanes) is 12. The van der Waals surface area contributed by atoms with Gasteiger partial charge in [0.1, 0.15) is 0 Å². The van der Waals surface area contributed by atoms with Crippen LogP contribution in [0.5, 0.6) is 0 Å². The van der Waals surface area contributed by atoms with Crippen LogP contribution in [-0.4, -0.2) is 30.0 Å². The van der Waals surface area contributed by atoms with E-state index in [9.17, 15) is 13.2 Å². The normalized spacial score (nSPS) is 14.3. The summed E-state index contributed by atoms with van der Waals surface area (Å²) in [6.45, 7) is 5.36. The van der Waals surface area contributed by atoms with Gasteiger partial charge in [0.25, 0.3) is 0 Å². The van der Waals surface area contributed by atoms with Crippen molar-refractivity contribution in [3.8, 4) is 0 Å². The maximum Gasteiger partial charge on any atom is 0.321 e. The van der Waals surface area contributed by atoms with Crippen LogP contribution in [-0.2, 0) is 14.6 Å². The van der Waals surface area contributed by atoms with Gasteiger partial charge in [-0.25, -0.2) is 8.42 Å². The zero-order valence-electron chi connectivity index (χ0n) is 17.3. The molecule has 2 unspecified atom stereocenters. The Kier molecular flexibility index (Phi) is 15.1. The second kappa shape index (κ2) is 15.5. The number of carboxylic acids is 1. The Hall–Kier alpha value is -0.580. The summed E-state index contributed by atoms with van der Waals surface area (Å²) in [5.41, 5.74) is 0. The van der Waals surface area contributed by atoms with Crippen LogP contribution in [0.1, 0.15) is 117 Å². The fraction of sp³-hybridized carbons (Fsp3) is 0.952. The van der Waals surface area contributed by atoms with Gasteiger partial charge in [0, 0.05) is 0 Å². The number of carbonyl (C=O) groups is 1. The van der Waals surface area contributed by atoms with Gasteiger partial charge in [-0.3, -0.25) is 4.79 Å². The Balaban J connectivity index is 3.68. The van der Waals surface area contributed by atoms with Gasteiger partial charge in [-0.1, -0.05) is 97.3 Å². The van der Waals surface area contributed by atoms with Gasteiger partial charge in [0.2, 0.25) is 0 Å². The molecular formula is C21H42O4S. The van der Waals surface area contributed by atoms with E-state index in [4.69, 9.17) is 5.11 Å². The maximum atomic E-state index is 12.3. The molecule has 1 N–H and O–H groups in total. The molecule has 4 nitrogen and oxygen atoms in total. The largest absolute Gasteiger partial charge is 0.480 e. The lowest BCUT2D eigenvalue weighted by Crippen LogP contribution is -2.35. The highest BCUT2D eigenvalue weighted by Crippen LogP contribution is 2.20. The predicted octanol–water partition coefficient (Wildman–Crippen LogP) is 6.13. The zero-order chi connectivity index (χ0) is 19.8. The quantitative estimate of drug-likeness (QED) is 0.286. The van der Waals surface area contributed by atoms with E-state index in [1.807, 2.05) is 6.92 Å². The van der Waals surface area contributed by atoms with Crippen LogP contribution in [0.3, 0.4) is 0 Å². The number of sulfone groups is 1. The Morgan fingerprint density at radius 3 is 1.50 bits per heavy atom. The number of hydrogen-bond donors (Lipinski definition) is 1. The molecule has 0 aliphatic carbocycles. The molecule has 0 rings (SSSR count). The molecule has 0 saturated heterocycles. The van der Waals surface area contributed by atoms with E-state index in [0.717, 1.165) is 19.3 Å². The minimum absolute atomic E-state index is 0.498. The van der Waals surface area contributed by atoms with Crippen LogP contribution < -0.4 is 0 Å². The van der Waals surface area contributed by atoms with Crippen molar-refractivity contribution in [2.45, 2.75) is 128 Å². The molecule has 0 amide bonds. The summed E-state index contributed by atoms with van der Waals surface area (Å²) in [6.07, 6.45) is 17.5. The van der Waals surface area contributed by atoms with Gasteiger partial charge >= 0.3 is 5.97 Å². The van der Waals surface area contributed by atoms with Crippen LogP contribution in [0.25, 0.3) is 0 Å². The smallest absolute Gasteiger partial charge is 0.321 e.